The van der Waals surface area contributed by atoms with Crippen molar-refractivity contribution in [3.8, 4) is 28.7 Å². The topological polar surface area (TPSA) is 107 Å². The van der Waals surface area contributed by atoms with Crippen LogP contribution in [-0.4, -0.2) is 45.5 Å². The van der Waals surface area contributed by atoms with Crippen molar-refractivity contribution in [1.29, 1.82) is 0 Å². The summed E-state index contributed by atoms with van der Waals surface area (Å²) in [5.41, 5.74) is 0.854. The van der Waals surface area contributed by atoms with Crippen LogP contribution in [0.15, 0.2) is 41.3 Å². The predicted molar refractivity (Wildman–Crippen MR) is 124 cm³/mol. The van der Waals surface area contributed by atoms with E-state index in [-0.39, 0.29) is 11.6 Å². The number of carbonyl (C=O) groups is 1. The van der Waals surface area contributed by atoms with Crippen molar-refractivity contribution in [2.24, 2.45) is 0 Å². The molecule has 0 unspecified atom stereocenters. The number of aryl methyl sites for hydroxylation is 1. The first kappa shape index (κ1) is 23.1. The lowest BCUT2D eigenvalue weighted by molar-refractivity contribution is -0.140. The van der Waals surface area contributed by atoms with Gasteiger partial charge < -0.3 is 9.47 Å². The maximum atomic E-state index is 12.9. The minimum atomic E-state index is -0.644. The van der Waals surface area contributed by atoms with Gasteiger partial charge in [0.15, 0.2) is 11.6 Å². The van der Waals surface area contributed by atoms with Crippen molar-refractivity contribution in [3.05, 3.63) is 57.6 Å². The van der Waals surface area contributed by atoms with Crippen LogP contribution in [-0.2, 0) is 16.0 Å². The zero-order chi connectivity index (χ0) is 23.4. The Morgan fingerprint density at radius 1 is 1.15 bits per heavy atom. The lowest BCUT2D eigenvalue weighted by Crippen LogP contribution is -2.37. The van der Waals surface area contributed by atoms with Crippen LogP contribution in [0.5, 0.6) is 5.88 Å². The summed E-state index contributed by atoms with van der Waals surface area (Å²) in [6.45, 7) is 0. The second-order valence-electron chi connectivity index (χ2n) is 8.06. The molecule has 9 heteroatoms. The van der Waals surface area contributed by atoms with E-state index >= 15 is 0 Å². The Kier molecular flexibility index (Phi) is 6.85. The average molecular weight is 469 g/mol. The van der Waals surface area contributed by atoms with Crippen molar-refractivity contribution in [3.63, 3.8) is 0 Å². The van der Waals surface area contributed by atoms with Gasteiger partial charge in [0.2, 0.25) is 5.88 Å². The van der Waals surface area contributed by atoms with Gasteiger partial charge in [-0.2, -0.15) is 4.98 Å². The lowest BCUT2D eigenvalue weighted by Gasteiger charge is -2.25. The molecule has 8 nitrogen and oxygen atoms in total. The van der Waals surface area contributed by atoms with E-state index in [0.717, 1.165) is 31.2 Å². The number of aromatic nitrogens is 4. The molecule has 1 fully saturated rings. The van der Waals surface area contributed by atoms with Crippen molar-refractivity contribution in [2.75, 3.05) is 14.2 Å². The number of nitrogens with zero attached hydrogens (tertiary/aromatic N) is 3. The zero-order valence-electron chi connectivity index (χ0n) is 18.6. The summed E-state index contributed by atoms with van der Waals surface area (Å²) >= 11 is 6.43. The van der Waals surface area contributed by atoms with Gasteiger partial charge in [0.25, 0.3) is 0 Å². The van der Waals surface area contributed by atoms with E-state index in [1.807, 2.05) is 12.1 Å². The van der Waals surface area contributed by atoms with E-state index in [1.54, 1.807) is 25.3 Å². The van der Waals surface area contributed by atoms with Gasteiger partial charge >= 0.3 is 5.69 Å². The van der Waals surface area contributed by atoms with Gasteiger partial charge in [0, 0.05) is 36.9 Å². The number of hydrogen-bond donors (Lipinski definition) is 1. The summed E-state index contributed by atoms with van der Waals surface area (Å²) in [5.74, 6) is 1.10. The summed E-state index contributed by atoms with van der Waals surface area (Å²) in [5, 5.41) is 0.433. The first-order valence-corrected chi connectivity index (χ1v) is 11.2. The second-order valence-corrected chi connectivity index (χ2v) is 8.47. The largest absolute Gasteiger partial charge is 0.481 e. The Bertz CT molecular complexity index is 1200. The smallest absolute Gasteiger partial charge is 0.348 e. The molecule has 2 aromatic heterocycles. The molecule has 4 rings (SSSR count). The fourth-order valence-electron chi connectivity index (χ4n) is 4.21. The SMILES string of the molecule is COc1ccc(-c2nc(-c3cc(CCC(=O)C4(OC)CCCC4)ccc3Cl)[nH]c(=O)n2)cn1. The lowest BCUT2D eigenvalue weighted by atomic mass is 9.91. The second kappa shape index (κ2) is 9.80. The number of hydrogen-bond acceptors (Lipinski definition) is 7. The van der Waals surface area contributed by atoms with Gasteiger partial charge in [0.1, 0.15) is 11.4 Å². The molecule has 33 heavy (non-hydrogen) atoms. The van der Waals surface area contributed by atoms with Crippen LogP contribution in [0, 0.1) is 0 Å². The fourth-order valence-corrected chi connectivity index (χ4v) is 4.42. The van der Waals surface area contributed by atoms with Crippen molar-refractivity contribution < 1.29 is 14.3 Å². The molecule has 0 saturated heterocycles. The molecule has 1 aliphatic rings. The predicted octanol–water partition coefficient (Wildman–Crippen LogP) is 4.02. The molecule has 1 aliphatic carbocycles. The molecule has 0 atom stereocenters. The number of carbonyl (C=O) groups excluding carboxylic acids is 1. The molecular formula is C24H25ClN4O4. The van der Waals surface area contributed by atoms with Crippen LogP contribution in [0.3, 0.4) is 0 Å². The van der Waals surface area contributed by atoms with E-state index < -0.39 is 11.3 Å². The third-order valence-corrected chi connectivity index (χ3v) is 6.42. The molecule has 0 bridgehead atoms. The number of aromatic amines is 1. The number of pyridine rings is 1. The van der Waals surface area contributed by atoms with Gasteiger partial charge in [-0.05, 0) is 55.9 Å². The average Bonchev–Trinajstić information content (AvgIpc) is 3.33. The van der Waals surface area contributed by atoms with E-state index in [4.69, 9.17) is 21.1 Å². The van der Waals surface area contributed by atoms with Gasteiger partial charge in [-0.25, -0.2) is 14.8 Å². The third-order valence-electron chi connectivity index (χ3n) is 6.09. The molecule has 172 valence electrons. The minimum absolute atomic E-state index is 0.128. The van der Waals surface area contributed by atoms with E-state index in [0.29, 0.717) is 40.7 Å². The normalized spacial score (nSPS) is 14.9. The summed E-state index contributed by atoms with van der Waals surface area (Å²) < 4.78 is 10.7. The maximum Gasteiger partial charge on any atom is 0.348 e. The van der Waals surface area contributed by atoms with E-state index in [9.17, 15) is 9.59 Å². The maximum absolute atomic E-state index is 12.9. The van der Waals surface area contributed by atoms with Gasteiger partial charge in [-0.1, -0.05) is 17.7 Å². The Balaban J connectivity index is 1.59. The number of ketones is 1. The number of halogens is 1. The van der Waals surface area contributed by atoms with Crippen LogP contribution in [0.4, 0.5) is 0 Å². The summed E-state index contributed by atoms with van der Waals surface area (Å²) in [4.78, 5) is 40.3. The molecule has 2 heterocycles. The minimum Gasteiger partial charge on any atom is -0.481 e. The summed E-state index contributed by atoms with van der Waals surface area (Å²) in [6.07, 6.45) is 6.03. The molecule has 0 amide bonds. The first-order chi connectivity index (χ1) is 15.9. The number of methoxy groups -OCH3 is 2. The monoisotopic (exact) mass is 468 g/mol. The Morgan fingerprint density at radius 3 is 2.61 bits per heavy atom. The van der Waals surface area contributed by atoms with Crippen LogP contribution in [0.25, 0.3) is 22.8 Å². The highest BCUT2D eigenvalue weighted by Gasteiger charge is 2.40. The van der Waals surface area contributed by atoms with Gasteiger partial charge in [0.05, 0.1) is 12.1 Å². The molecule has 1 N–H and O–H groups in total. The van der Waals surface area contributed by atoms with Crippen molar-refractivity contribution in [2.45, 2.75) is 44.1 Å². The van der Waals surface area contributed by atoms with Crippen LogP contribution >= 0.6 is 11.6 Å². The Labute approximate surface area is 196 Å². The van der Waals surface area contributed by atoms with Crippen LogP contribution in [0.1, 0.15) is 37.7 Å². The van der Waals surface area contributed by atoms with Crippen LogP contribution < -0.4 is 10.4 Å². The number of Topliss-reactive ketones (excluding diaryl/α,β-unsaturated/α-hetero) is 1. The Hall–Kier alpha value is -3.10. The molecule has 1 saturated carbocycles. The number of benzene rings is 1. The zero-order valence-corrected chi connectivity index (χ0v) is 19.3. The number of rotatable bonds is 8. The van der Waals surface area contributed by atoms with E-state index in [1.165, 1.54) is 13.3 Å². The van der Waals surface area contributed by atoms with Crippen molar-refractivity contribution in [1.82, 2.24) is 19.9 Å². The number of nitrogens with one attached hydrogen (secondary N) is 1. The van der Waals surface area contributed by atoms with Crippen molar-refractivity contribution >= 4 is 17.4 Å². The summed E-state index contributed by atoms with van der Waals surface area (Å²) in [7, 11) is 3.14. The van der Waals surface area contributed by atoms with Gasteiger partial charge in [-0.15, -0.1) is 0 Å². The Morgan fingerprint density at radius 2 is 1.94 bits per heavy atom. The van der Waals surface area contributed by atoms with E-state index in [2.05, 4.69) is 19.9 Å². The molecule has 1 aromatic carbocycles. The highest BCUT2D eigenvalue weighted by molar-refractivity contribution is 6.33. The number of ether oxygens (including phenoxy) is 2. The van der Waals surface area contributed by atoms with Gasteiger partial charge in [-0.3, -0.25) is 9.78 Å². The molecule has 0 radical (unpaired) electrons. The number of H-pyrrole nitrogens is 1. The molecule has 0 aliphatic heterocycles. The van der Waals surface area contributed by atoms with Crippen LogP contribution in [0.2, 0.25) is 5.02 Å². The third kappa shape index (κ3) is 4.96. The first-order valence-electron chi connectivity index (χ1n) is 10.8. The highest BCUT2D eigenvalue weighted by Crippen LogP contribution is 2.35. The highest BCUT2D eigenvalue weighted by atomic mass is 35.5. The standard InChI is InChI=1S/C24H25ClN4O4/c1-32-20-10-7-16(14-26-20)21-27-22(29-23(31)28-21)17-13-15(5-8-18(17)25)6-9-19(30)24(33-2)11-3-4-12-24/h5,7-8,10,13-14H,3-4,6,9,11-12H2,1-2H3,(H,27,28,29,31). The molecular weight excluding hydrogens is 444 g/mol. The molecule has 0 spiro atoms. The quantitative estimate of drug-likeness (QED) is 0.532. The molecule has 3 aromatic rings. The summed E-state index contributed by atoms with van der Waals surface area (Å²) in [6, 6.07) is 8.86. The fraction of sp³-hybridized carbons (Fsp3) is 0.375.